The fourth-order valence-corrected chi connectivity index (χ4v) is 1.84. The van der Waals surface area contributed by atoms with Crippen molar-refractivity contribution in [1.29, 1.82) is 0 Å². The number of rotatable bonds is 4. The molecule has 10 heteroatoms. The molecule has 0 atom stereocenters. The molecule has 0 unspecified atom stereocenters. The van der Waals surface area contributed by atoms with E-state index in [1.54, 1.807) is 0 Å². The van der Waals surface area contributed by atoms with Crippen LogP contribution in [0.3, 0.4) is 0 Å². The van der Waals surface area contributed by atoms with Gasteiger partial charge in [0.1, 0.15) is 0 Å². The van der Waals surface area contributed by atoms with Gasteiger partial charge in [0.25, 0.3) is 5.69 Å². The molecule has 110 valence electrons. The van der Waals surface area contributed by atoms with Crippen LogP contribution in [0.15, 0.2) is 12.1 Å². The zero-order valence-electron chi connectivity index (χ0n) is 10.6. The Balaban J connectivity index is 2.81. The summed E-state index contributed by atoms with van der Waals surface area (Å²) in [6, 6.07) is 1.38. The Kier molecular flexibility index (Phi) is 3.61. The lowest BCUT2D eigenvalue weighted by molar-refractivity contribution is -0.384. The third-order valence-electron chi connectivity index (χ3n) is 2.76. The van der Waals surface area contributed by atoms with Crippen LogP contribution in [0.1, 0.15) is 23.1 Å². The van der Waals surface area contributed by atoms with E-state index in [1.807, 2.05) is 0 Å². The fraction of sp³-hybridized carbons (Fsp3) is 0.182. The predicted molar refractivity (Wildman–Crippen MR) is 64.3 cm³/mol. The zero-order chi connectivity index (χ0) is 15.7. The monoisotopic (exact) mass is 298 g/mol. The molecular weight excluding hydrogens is 290 g/mol. The molecule has 0 saturated heterocycles. The van der Waals surface area contributed by atoms with Gasteiger partial charge in [-0.3, -0.25) is 10.1 Å². The maximum atomic E-state index is 13.9. The number of halogens is 2. The summed E-state index contributed by atoms with van der Waals surface area (Å²) in [6.07, 6.45) is 0.0573. The molecule has 1 N–H and O–H groups in total. The molecule has 0 aliphatic heterocycles. The van der Waals surface area contributed by atoms with Crippen molar-refractivity contribution in [1.82, 2.24) is 15.0 Å². The molecule has 0 spiro atoms. The van der Waals surface area contributed by atoms with Crippen LogP contribution in [0.2, 0.25) is 0 Å². The number of aromatic nitrogens is 3. The van der Waals surface area contributed by atoms with E-state index in [4.69, 9.17) is 5.11 Å². The van der Waals surface area contributed by atoms with Crippen molar-refractivity contribution in [3.63, 3.8) is 0 Å². The van der Waals surface area contributed by atoms with E-state index >= 15 is 0 Å². The second-order valence-electron chi connectivity index (χ2n) is 3.94. The van der Waals surface area contributed by atoms with Crippen molar-refractivity contribution in [2.75, 3.05) is 0 Å². The van der Waals surface area contributed by atoms with E-state index in [-0.39, 0.29) is 12.1 Å². The zero-order valence-corrected chi connectivity index (χ0v) is 10.6. The SMILES string of the molecule is CCc1c(C(=O)O)nnn1-c1c([N+](=O)[O-])ccc(F)c1F. The van der Waals surface area contributed by atoms with Crippen LogP contribution in [0, 0.1) is 21.7 Å². The van der Waals surface area contributed by atoms with Crippen LogP contribution < -0.4 is 0 Å². The Morgan fingerprint density at radius 1 is 1.48 bits per heavy atom. The maximum Gasteiger partial charge on any atom is 0.358 e. The highest BCUT2D eigenvalue weighted by Gasteiger charge is 2.28. The van der Waals surface area contributed by atoms with Crippen molar-refractivity contribution >= 4 is 11.7 Å². The lowest BCUT2D eigenvalue weighted by Gasteiger charge is -2.07. The Bertz CT molecular complexity index is 744. The van der Waals surface area contributed by atoms with Crippen LogP contribution in [0.25, 0.3) is 5.69 Å². The van der Waals surface area contributed by atoms with Crippen LogP contribution in [-0.4, -0.2) is 31.0 Å². The van der Waals surface area contributed by atoms with Gasteiger partial charge in [0.05, 0.1) is 10.6 Å². The van der Waals surface area contributed by atoms with Gasteiger partial charge in [-0.15, -0.1) is 5.10 Å². The van der Waals surface area contributed by atoms with E-state index in [9.17, 15) is 23.7 Å². The first-order chi connectivity index (χ1) is 9.88. The highest BCUT2D eigenvalue weighted by atomic mass is 19.2. The first-order valence-electron chi connectivity index (χ1n) is 5.69. The molecule has 0 aliphatic carbocycles. The van der Waals surface area contributed by atoms with Crippen molar-refractivity contribution in [2.45, 2.75) is 13.3 Å². The van der Waals surface area contributed by atoms with Gasteiger partial charge in [0.15, 0.2) is 23.0 Å². The number of carboxylic acid groups (broad SMARTS) is 1. The summed E-state index contributed by atoms with van der Waals surface area (Å²) in [5.41, 5.74) is -2.08. The Morgan fingerprint density at radius 3 is 2.67 bits per heavy atom. The van der Waals surface area contributed by atoms with Gasteiger partial charge in [-0.1, -0.05) is 12.1 Å². The molecule has 8 nitrogen and oxygen atoms in total. The summed E-state index contributed by atoms with van der Waals surface area (Å²) in [7, 11) is 0. The quantitative estimate of drug-likeness (QED) is 0.679. The third kappa shape index (κ3) is 2.30. The molecule has 21 heavy (non-hydrogen) atoms. The highest BCUT2D eigenvalue weighted by Crippen LogP contribution is 2.28. The maximum absolute atomic E-state index is 13.9. The summed E-state index contributed by atoms with van der Waals surface area (Å²) in [4.78, 5) is 21.0. The molecular formula is C11H8F2N4O4. The molecule has 1 heterocycles. The highest BCUT2D eigenvalue weighted by molar-refractivity contribution is 5.86. The number of carbonyl (C=O) groups is 1. The predicted octanol–water partition coefficient (Wildman–Crippen LogP) is 1.71. The molecule has 0 fully saturated rings. The number of aromatic carboxylic acids is 1. The fourth-order valence-electron chi connectivity index (χ4n) is 1.84. The summed E-state index contributed by atoms with van der Waals surface area (Å²) >= 11 is 0. The minimum absolute atomic E-state index is 0.0573. The van der Waals surface area contributed by atoms with Gasteiger partial charge >= 0.3 is 5.97 Å². The molecule has 2 aromatic rings. The minimum Gasteiger partial charge on any atom is -0.476 e. The largest absolute Gasteiger partial charge is 0.476 e. The molecule has 0 radical (unpaired) electrons. The van der Waals surface area contributed by atoms with Crippen LogP contribution >= 0.6 is 0 Å². The number of hydrogen-bond acceptors (Lipinski definition) is 5. The normalized spacial score (nSPS) is 10.6. The Labute approximate surface area is 115 Å². The molecule has 0 aliphatic rings. The number of hydrogen-bond donors (Lipinski definition) is 1. The molecule has 2 rings (SSSR count). The van der Waals surface area contributed by atoms with E-state index in [2.05, 4.69) is 10.3 Å². The molecule has 0 amide bonds. The van der Waals surface area contributed by atoms with E-state index < -0.39 is 39.6 Å². The van der Waals surface area contributed by atoms with Crippen molar-refractivity contribution < 1.29 is 23.6 Å². The lowest BCUT2D eigenvalue weighted by Crippen LogP contribution is -2.10. The average Bonchev–Trinajstić information content (AvgIpc) is 2.84. The number of nitro groups is 1. The second kappa shape index (κ2) is 5.23. The van der Waals surface area contributed by atoms with E-state index in [0.29, 0.717) is 10.7 Å². The number of nitro benzene ring substituents is 1. The van der Waals surface area contributed by atoms with E-state index in [0.717, 1.165) is 6.07 Å². The molecule has 0 bridgehead atoms. The van der Waals surface area contributed by atoms with Gasteiger partial charge in [-0.2, -0.15) is 0 Å². The second-order valence-corrected chi connectivity index (χ2v) is 3.94. The average molecular weight is 298 g/mol. The third-order valence-corrected chi connectivity index (χ3v) is 2.76. The summed E-state index contributed by atoms with van der Waals surface area (Å²) in [5, 5.41) is 26.6. The van der Waals surface area contributed by atoms with Gasteiger partial charge in [0, 0.05) is 6.07 Å². The van der Waals surface area contributed by atoms with Crippen molar-refractivity contribution in [3.05, 3.63) is 45.3 Å². The van der Waals surface area contributed by atoms with Crippen molar-refractivity contribution in [3.8, 4) is 5.69 Å². The van der Waals surface area contributed by atoms with Crippen molar-refractivity contribution in [2.24, 2.45) is 0 Å². The summed E-state index contributed by atoms with van der Waals surface area (Å²) in [5.74, 6) is -4.23. The smallest absolute Gasteiger partial charge is 0.358 e. The summed E-state index contributed by atoms with van der Waals surface area (Å²) < 4.78 is 27.9. The van der Waals surface area contributed by atoms with Gasteiger partial charge in [-0.05, 0) is 12.5 Å². The number of nitrogens with zero attached hydrogens (tertiary/aromatic N) is 4. The topological polar surface area (TPSA) is 111 Å². The summed E-state index contributed by atoms with van der Waals surface area (Å²) in [6.45, 7) is 1.53. The Morgan fingerprint density at radius 2 is 2.14 bits per heavy atom. The van der Waals surface area contributed by atoms with Gasteiger partial charge in [0.2, 0.25) is 0 Å². The van der Waals surface area contributed by atoms with Gasteiger partial charge < -0.3 is 5.11 Å². The lowest BCUT2D eigenvalue weighted by atomic mass is 10.2. The van der Waals surface area contributed by atoms with Crippen LogP contribution in [0.4, 0.5) is 14.5 Å². The number of benzene rings is 1. The first-order valence-corrected chi connectivity index (χ1v) is 5.69. The Hall–Kier alpha value is -2.91. The standard InChI is InChI=1S/C11H8F2N4O4/c1-2-6-9(11(18)19)14-15-16(6)10-7(17(20)21)4-3-5(12)8(10)13/h3-4H,2H2,1H3,(H,18,19). The minimum atomic E-state index is -1.50. The molecule has 0 saturated carbocycles. The van der Waals surface area contributed by atoms with Crippen LogP contribution in [-0.2, 0) is 6.42 Å². The van der Waals surface area contributed by atoms with Crippen LogP contribution in [0.5, 0.6) is 0 Å². The first kappa shape index (κ1) is 14.5. The van der Waals surface area contributed by atoms with Gasteiger partial charge in [-0.25, -0.2) is 18.3 Å². The molecule has 1 aromatic heterocycles. The van der Waals surface area contributed by atoms with E-state index in [1.165, 1.54) is 6.92 Å². The number of carboxylic acids is 1. The molecule has 1 aromatic carbocycles.